The van der Waals surface area contributed by atoms with E-state index in [-0.39, 0.29) is 11.5 Å². The van der Waals surface area contributed by atoms with Crippen molar-refractivity contribution < 1.29 is 18.8 Å². The number of hydrogen-bond acceptors (Lipinski definition) is 3. The minimum Gasteiger partial charge on any atom is -0.289 e. The van der Waals surface area contributed by atoms with E-state index in [0.29, 0.717) is 24.8 Å². The quantitative estimate of drug-likeness (QED) is 0.531. The molecular weight excluding hydrogens is 364 g/mol. The number of carbonyl (C=O) groups excluding carboxylic acids is 1. The van der Waals surface area contributed by atoms with Gasteiger partial charge >= 0.3 is 0 Å². The average Bonchev–Trinajstić information content (AvgIpc) is 3.30. The Hall–Kier alpha value is -2.80. The molecule has 2 N–H and O–H groups in total. The Morgan fingerprint density at radius 2 is 2.11 bits per heavy atom. The topological polar surface area (TPSA) is 67.2 Å². The Labute approximate surface area is 160 Å². The molecule has 0 saturated heterocycles. The molecule has 146 valence electrons. The van der Waals surface area contributed by atoms with Crippen LogP contribution in [0.4, 0.5) is 8.78 Å². The maximum Gasteiger partial charge on any atom is 0.254 e. The van der Waals surface area contributed by atoms with Crippen molar-refractivity contribution in [3.63, 3.8) is 0 Å². The van der Waals surface area contributed by atoms with Gasteiger partial charge in [-0.2, -0.15) is 5.10 Å². The third-order valence-corrected chi connectivity index (χ3v) is 6.15. The van der Waals surface area contributed by atoms with Crippen LogP contribution in [0.3, 0.4) is 0 Å². The van der Waals surface area contributed by atoms with Crippen LogP contribution in [0.1, 0.15) is 41.9 Å². The molecule has 0 radical (unpaired) electrons. The van der Waals surface area contributed by atoms with Gasteiger partial charge in [-0.15, -0.1) is 0 Å². The summed E-state index contributed by atoms with van der Waals surface area (Å²) in [5.74, 6) is -2.45. The lowest BCUT2D eigenvalue weighted by Gasteiger charge is -2.29. The number of hydroxylamine groups is 1. The molecule has 1 amide bonds. The lowest BCUT2D eigenvalue weighted by Crippen LogP contribution is -2.42. The number of carbonyl (C=O) groups is 1. The number of halogens is 2. The number of nitrogens with zero attached hydrogens (tertiary/aromatic N) is 2. The Kier molecular flexibility index (Phi) is 4.42. The van der Waals surface area contributed by atoms with Crippen molar-refractivity contribution in [2.24, 2.45) is 7.05 Å². The first kappa shape index (κ1) is 18.6. The molecule has 1 aromatic heterocycles. The van der Waals surface area contributed by atoms with Crippen molar-refractivity contribution in [1.82, 2.24) is 15.3 Å². The number of aryl methyl sites for hydroxylation is 1. The fourth-order valence-electron chi connectivity index (χ4n) is 4.60. The summed E-state index contributed by atoms with van der Waals surface area (Å²) < 4.78 is 29.6. The van der Waals surface area contributed by atoms with Crippen LogP contribution >= 0.6 is 0 Å². The lowest BCUT2D eigenvalue weighted by atomic mass is 9.75. The van der Waals surface area contributed by atoms with Crippen molar-refractivity contribution in [3.05, 3.63) is 64.9 Å². The average molecular weight is 385 g/mol. The minimum atomic E-state index is -1.11. The smallest absolute Gasteiger partial charge is 0.254 e. The fourth-order valence-corrected chi connectivity index (χ4v) is 4.60. The predicted molar refractivity (Wildman–Crippen MR) is 100 cm³/mol. The molecule has 3 aromatic rings. The van der Waals surface area contributed by atoms with Gasteiger partial charge in [-0.05, 0) is 60.9 Å². The second-order valence-corrected chi connectivity index (χ2v) is 7.58. The zero-order chi connectivity index (χ0) is 20.1. The van der Waals surface area contributed by atoms with E-state index in [4.69, 9.17) is 0 Å². The molecule has 0 aliphatic heterocycles. The van der Waals surface area contributed by atoms with Gasteiger partial charge in [0.05, 0.1) is 17.1 Å². The summed E-state index contributed by atoms with van der Waals surface area (Å²) in [6, 6.07) is 8.55. The van der Waals surface area contributed by atoms with E-state index in [1.165, 1.54) is 13.0 Å². The molecular formula is C21H21F2N3O2. The number of rotatable bonds is 3. The molecule has 4 rings (SSSR count). The molecule has 0 bridgehead atoms. The maximum atomic E-state index is 14.2. The normalized spacial score (nSPS) is 22.0. The summed E-state index contributed by atoms with van der Waals surface area (Å²) in [5, 5.41) is 14.6. The molecule has 1 aliphatic rings. The molecule has 2 aromatic carbocycles. The molecule has 2 atom stereocenters. The first-order valence-corrected chi connectivity index (χ1v) is 9.18. The van der Waals surface area contributed by atoms with Gasteiger partial charge in [0.2, 0.25) is 0 Å². The van der Waals surface area contributed by atoms with Crippen LogP contribution in [0, 0.1) is 18.6 Å². The number of amides is 1. The fraction of sp³-hybridized carbons (Fsp3) is 0.333. The highest BCUT2D eigenvalue weighted by atomic mass is 19.2. The van der Waals surface area contributed by atoms with Crippen molar-refractivity contribution >= 4 is 16.8 Å². The zero-order valence-corrected chi connectivity index (χ0v) is 15.7. The lowest BCUT2D eigenvalue weighted by molar-refractivity contribution is -0.135. The van der Waals surface area contributed by atoms with Gasteiger partial charge in [0, 0.05) is 12.4 Å². The van der Waals surface area contributed by atoms with Crippen LogP contribution in [0.15, 0.2) is 36.5 Å². The third kappa shape index (κ3) is 2.69. The summed E-state index contributed by atoms with van der Waals surface area (Å²) in [4.78, 5) is 12.7. The van der Waals surface area contributed by atoms with E-state index in [1.54, 1.807) is 16.4 Å². The number of fused-ring (bicyclic) bond motifs is 1. The molecule has 5 nitrogen and oxygen atoms in total. The van der Waals surface area contributed by atoms with Gasteiger partial charge < -0.3 is 0 Å². The largest absolute Gasteiger partial charge is 0.289 e. The predicted octanol–water partition coefficient (Wildman–Crippen LogP) is 3.87. The number of benzene rings is 2. The summed E-state index contributed by atoms with van der Waals surface area (Å²) in [7, 11) is 1.87. The first-order chi connectivity index (χ1) is 13.4. The Morgan fingerprint density at radius 3 is 2.86 bits per heavy atom. The molecule has 1 saturated carbocycles. The molecule has 7 heteroatoms. The Morgan fingerprint density at radius 1 is 1.32 bits per heavy atom. The summed E-state index contributed by atoms with van der Waals surface area (Å²) in [5.41, 5.74) is 3.21. The van der Waals surface area contributed by atoms with Gasteiger partial charge in [0.15, 0.2) is 11.6 Å². The van der Waals surface area contributed by atoms with Crippen molar-refractivity contribution in [2.45, 2.75) is 37.5 Å². The second kappa shape index (κ2) is 6.67. The molecule has 1 aliphatic carbocycles. The van der Waals surface area contributed by atoms with E-state index in [2.05, 4.69) is 11.2 Å². The highest BCUT2D eigenvalue weighted by molar-refractivity contribution is 5.88. The van der Waals surface area contributed by atoms with Crippen LogP contribution in [0.5, 0.6) is 0 Å². The Bertz CT molecular complexity index is 1080. The van der Waals surface area contributed by atoms with E-state index in [9.17, 15) is 18.8 Å². The summed E-state index contributed by atoms with van der Waals surface area (Å²) in [6.07, 6.45) is 3.31. The van der Waals surface area contributed by atoms with Crippen LogP contribution in [-0.2, 0) is 17.3 Å². The maximum absolute atomic E-state index is 14.2. The van der Waals surface area contributed by atoms with Crippen molar-refractivity contribution in [1.29, 1.82) is 0 Å². The van der Waals surface area contributed by atoms with E-state index in [0.717, 1.165) is 22.5 Å². The minimum absolute atomic E-state index is 0.0455. The van der Waals surface area contributed by atoms with E-state index in [1.807, 2.05) is 19.2 Å². The van der Waals surface area contributed by atoms with E-state index < -0.39 is 23.0 Å². The summed E-state index contributed by atoms with van der Waals surface area (Å²) in [6.45, 7) is 1.47. The van der Waals surface area contributed by atoms with Crippen LogP contribution < -0.4 is 5.48 Å². The van der Waals surface area contributed by atoms with Crippen LogP contribution in [-0.4, -0.2) is 20.9 Å². The standard InChI is InChI=1S/C21H21F2N3O2/c1-12-16(5-6-17(22)19(12)23)21(20(27)25-28)8-7-14(10-21)13-3-4-15-11-24-26(2)18(15)9-13/h3-6,9,11,14,28H,7-8,10H2,1-2H3,(H,25,27)/t14-,21-/m0/s1. The van der Waals surface area contributed by atoms with Gasteiger partial charge in [0.1, 0.15) is 0 Å². The number of aromatic nitrogens is 2. The molecule has 1 heterocycles. The zero-order valence-electron chi connectivity index (χ0n) is 15.7. The third-order valence-electron chi connectivity index (χ3n) is 6.15. The van der Waals surface area contributed by atoms with Gasteiger partial charge in [-0.3, -0.25) is 14.7 Å². The Balaban J connectivity index is 1.77. The van der Waals surface area contributed by atoms with Crippen molar-refractivity contribution in [3.8, 4) is 0 Å². The highest BCUT2D eigenvalue weighted by Gasteiger charge is 2.48. The van der Waals surface area contributed by atoms with Gasteiger partial charge in [-0.1, -0.05) is 18.2 Å². The van der Waals surface area contributed by atoms with Gasteiger partial charge in [-0.25, -0.2) is 14.3 Å². The van der Waals surface area contributed by atoms with Crippen molar-refractivity contribution in [2.75, 3.05) is 0 Å². The van der Waals surface area contributed by atoms with Gasteiger partial charge in [0.25, 0.3) is 5.91 Å². The second-order valence-electron chi connectivity index (χ2n) is 7.58. The SMILES string of the molecule is Cc1c([C@]2(C(=O)NO)CC[C@H](c3ccc4cnn(C)c4c3)C2)ccc(F)c1F. The number of nitrogens with one attached hydrogen (secondary N) is 1. The molecule has 0 spiro atoms. The van der Waals surface area contributed by atoms with Crippen LogP contribution in [0.2, 0.25) is 0 Å². The number of hydrogen-bond donors (Lipinski definition) is 2. The monoisotopic (exact) mass is 385 g/mol. The highest BCUT2D eigenvalue weighted by Crippen LogP contribution is 2.50. The molecule has 0 unspecified atom stereocenters. The molecule has 1 fully saturated rings. The van der Waals surface area contributed by atoms with Crippen LogP contribution in [0.25, 0.3) is 10.9 Å². The van der Waals surface area contributed by atoms with E-state index >= 15 is 0 Å². The first-order valence-electron chi connectivity index (χ1n) is 9.18. The summed E-state index contributed by atoms with van der Waals surface area (Å²) >= 11 is 0. The molecule has 28 heavy (non-hydrogen) atoms.